The Balaban J connectivity index is 1.78. The molecule has 6 heteroatoms. The number of ether oxygens (including phenoxy) is 2. The fourth-order valence-corrected chi connectivity index (χ4v) is 3.21. The molecule has 1 amide bonds. The molecule has 0 radical (unpaired) electrons. The average Bonchev–Trinajstić information content (AvgIpc) is 2.67. The second kappa shape index (κ2) is 7.79. The molecule has 1 N–H and O–H groups in total. The topological polar surface area (TPSA) is 74.6 Å². The summed E-state index contributed by atoms with van der Waals surface area (Å²) in [7, 11) is 3.02. The van der Waals surface area contributed by atoms with E-state index in [9.17, 15) is 10.1 Å². The van der Waals surface area contributed by atoms with E-state index in [0.29, 0.717) is 22.7 Å². The van der Waals surface area contributed by atoms with Gasteiger partial charge in [0.15, 0.2) is 11.5 Å². The molecule has 1 aliphatic heterocycles. The third-order valence-corrected chi connectivity index (χ3v) is 4.46. The van der Waals surface area contributed by atoms with Crippen LogP contribution in [0, 0.1) is 11.3 Å². The maximum absolute atomic E-state index is 12.6. The van der Waals surface area contributed by atoms with Crippen LogP contribution in [0.15, 0.2) is 36.4 Å². The van der Waals surface area contributed by atoms with Crippen molar-refractivity contribution in [2.24, 2.45) is 0 Å². The number of amides is 1. The molecule has 0 unspecified atom stereocenters. The molecule has 0 fully saturated rings. The van der Waals surface area contributed by atoms with Crippen LogP contribution in [0.1, 0.15) is 17.5 Å². The van der Waals surface area contributed by atoms with Gasteiger partial charge in [-0.25, -0.2) is 0 Å². The van der Waals surface area contributed by atoms with Crippen LogP contribution >= 0.6 is 0 Å². The van der Waals surface area contributed by atoms with Crippen LogP contribution in [0.3, 0.4) is 0 Å². The number of aryl methyl sites for hydroxylation is 1. The van der Waals surface area contributed by atoms with Crippen molar-refractivity contribution in [3.63, 3.8) is 0 Å². The highest BCUT2D eigenvalue weighted by Crippen LogP contribution is 2.33. The number of anilines is 2. The largest absolute Gasteiger partial charge is 0.493 e. The van der Waals surface area contributed by atoms with Crippen LogP contribution in [0.5, 0.6) is 11.5 Å². The molecule has 1 aliphatic rings. The summed E-state index contributed by atoms with van der Waals surface area (Å²) >= 11 is 0. The van der Waals surface area contributed by atoms with E-state index in [2.05, 4.69) is 22.4 Å². The van der Waals surface area contributed by atoms with E-state index >= 15 is 0 Å². The predicted molar refractivity (Wildman–Crippen MR) is 99.9 cm³/mol. The Kier molecular flexibility index (Phi) is 5.28. The SMILES string of the molecule is COc1cc(C#N)c(NC(=O)CN2CCCc3ccccc32)cc1OC. The van der Waals surface area contributed by atoms with Crippen LogP contribution in [-0.2, 0) is 11.2 Å². The monoisotopic (exact) mass is 351 g/mol. The summed E-state index contributed by atoms with van der Waals surface area (Å²) in [4.78, 5) is 14.6. The zero-order valence-electron chi connectivity index (χ0n) is 14.9. The van der Waals surface area contributed by atoms with Crippen LogP contribution in [0.25, 0.3) is 0 Å². The Hall–Kier alpha value is -3.20. The highest BCUT2D eigenvalue weighted by Gasteiger charge is 2.20. The summed E-state index contributed by atoms with van der Waals surface area (Å²) in [5, 5.41) is 12.2. The van der Waals surface area contributed by atoms with Gasteiger partial charge in [-0.05, 0) is 24.5 Å². The maximum atomic E-state index is 12.6. The standard InChI is InChI=1S/C20H21N3O3/c1-25-18-10-15(12-21)16(11-19(18)26-2)22-20(24)13-23-9-5-7-14-6-3-4-8-17(14)23/h3-4,6,8,10-11H,5,7,9,13H2,1-2H3,(H,22,24). The van der Waals surface area contributed by atoms with E-state index in [1.54, 1.807) is 12.1 Å². The smallest absolute Gasteiger partial charge is 0.243 e. The van der Waals surface area contributed by atoms with E-state index in [-0.39, 0.29) is 12.5 Å². The van der Waals surface area contributed by atoms with Gasteiger partial charge in [-0.1, -0.05) is 18.2 Å². The lowest BCUT2D eigenvalue weighted by molar-refractivity contribution is -0.115. The summed E-state index contributed by atoms with van der Waals surface area (Å²) in [6.45, 7) is 1.07. The number of rotatable bonds is 5. The number of carbonyl (C=O) groups excluding carboxylic acids is 1. The molecule has 0 saturated heterocycles. The lowest BCUT2D eigenvalue weighted by Gasteiger charge is -2.30. The average molecular weight is 351 g/mol. The Bertz CT molecular complexity index is 858. The van der Waals surface area contributed by atoms with Gasteiger partial charge < -0.3 is 19.7 Å². The first-order chi connectivity index (χ1) is 12.7. The van der Waals surface area contributed by atoms with Crippen molar-refractivity contribution in [3.8, 4) is 17.6 Å². The first-order valence-corrected chi connectivity index (χ1v) is 8.45. The molecule has 1 heterocycles. The van der Waals surface area contributed by atoms with E-state index in [4.69, 9.17) is 9.47 Å². The Morgan fingerprint density at radius 1 is 1.23 bits per heavy atom. The second-order valence-electron chi connectivity index (χ2n) is 6.07. The number of carbonyl (C=O) groups is 1. The molecule has 6 nitrogen and oxygen atoms in total. The van der Waals surface area contributed by atoms with Crippen LogP contribution in [0.4, 0.5) is 11.4 Å². The number of para-hydroxylation sites is 1. The predicted octanol–water partition coefficient (Wildman–Crippen LogP) is 2.97. The lowest BCUT2D eigenvalue weighted by Crippen LogP contribution is -2.36. The molecular formula is C20H21N3O3. The molecule has 134 valence electrons. The number of hydrogen-bond acceptors (Lipinski definition) is 5. The summed E-state index contributed by atoms with van der Waals surface area (Å²) in [5.74, 6) is 0.738. The summed E-state index contributed by atoms with van der Waals surface area (Å²) in [6.07, 6.45) is 2.05. The third kappa shape index (κ3) is 3.57. The zero-order valence-corrected chi connectivity index (χ0v) is 14.9. The van der Waals surface area contributed by atoms with Gasteiger partial charge in [-0.15, -0.1) is 0 Å². The Labute approximate surface area is 152 Å². The number of nitriles is 1. The molecule has 0 aliphatic carbocycles. The fraction of sp³-hybridized carbons (Fsp3) is 0.300. The minimum atomic E-state index is -0.176. The van der Waals surface area contributed by atoms with Gasteiger partial charge in [0.25, 0.3) is 0 Å². The van der Waals surface area contributed by atoms with E-state index < -0.39 is 0 Å². The van der Waals surface area contributed by atoms with Gasteiger partial charge in [-0.2, -0.15) is 5.26 Å². The molecule has 26 heavy (non-hydrogen) atoms. The van der Waals surface area contributed by atoms with Crippen molar-refractivity contribution in [1.29, 1.82) is 5.26 Å². The Morgan fingerprint density at radius 3 is 2.69 bits per heavy atom. The van der Waals surface area contributed by atoms with E-state index in [0.717, 1.165) is 25.1 Å². The minimum absolute atomic E-state index is 0.176. The van der Waals surface area contributed by atoms with Crippen LogP contribution < -0.4 is 19.7 Å². The van der Waals surface area contributed by atoms with Gasteiger partial charge in [-0.3, -0.25) is 4.79 Å². The van der Waals surface area contributed by atoms with Crippen molar-refractivity contribution >= 4 is 17.3 Å². The molecular weight excluding hydrogens is 330 g/mol. The van der Waals surface area contributed by atoms with Crippen molar-refractivity contribution in [2.45, 2.75) is 12.8 Å². The number of fused-ring (bicyclic) bond motifs is 1. The summed E-state index contributed by atoms with van der Waals surface area (Å²) < 4.78 is 10.5. The molecule has 2 aromatic carbocycles. The number of benzene rings is 2. The number of nitrogens with one attached hydrogen (secondary N) is 1. The summed E-state index contributed by atoms with van der Waals surface area (Å²) in [6, 6.07) is 13.4. The van der Waals surface area contributed by atoms with Crippen molar-refractivity contribution in [2.75, 3.05) is 37.5 Å². The van der Waals surface area contributed by atoms with E-state index in [1.807, 2.05) is 18.2 Å². The van der Waals surface area contributed by atoms with Crippen molar-refractivity contribution < 1.29 is 14.3 Å². The van der Waals surface area contributed by atoms with Crippen molar-refractivity contribution in [3.05, 3.63) is 47.5 Å². The highest BCUT2D eigenvalue weighted by molar-refractivity contribution is 5.95. The lowest BCUT2D eigenvalue weighted by atomic mass is 10.0. The van der Waals surface area contributed by atoms with Gasteiger partial charge in [0.1, 0.15) is 6.07 Å². The van der Waals surface area contributed by atoms with Gasteiger partial charge in [0.05, 0.1) is 32.0 Å². The van der Waals surface area contributed by atoms with Crippen LogP contribution in [0.2, 0.25) is 0 Å². The maximum Gasteiger partial charge on any atom is 0.243 e. The zero-order chi connectivity index (χ0) is 18.5. The normalized spacial score (nSPS) is 12.7. The number of hydrogen-bond donors (Lipinski definition) is 1. The molecule has 2 aromatic rings. The highest BCUT2D eigenvalue weighted by atomic mass is 16.5. The molecule has 0 aromatic heterocycles. The fourth-order valence-electron chi connectivity index (χ4n) is 3.21. The molecule has 0 spiro atoms. The quantitative estimate of drug-likeness (QED) is 0.896. The number of methoxy groups -OCH3 is 2. The van der Waals surface area contributed by atoms with Gasteiger partial charge in [0, 0.05) is 24.4 Å². The molecule has 0 saturated carbocycles. The van der Waals surface area contributed by atoms with Crippen molar-refractivity contribution in [1.82, 2.24) is 0 Å². The first kappa shape index (κ1) is 17.6. The molecule has 0 bridgehead atoms. The first-order valence-electron chi connectivity index (χ1n) is 8.45. The second-order valence-corrected chi connectivity index (χ2v) is 6.07. The van der Waals surface area contributed by atoms with Gasteiger partial charge in [0.2, 0.25) is 5.91 Å². The van der Waals surface area contributed by atoms with E-state index in [1.165, 1.54) is 19.8 Å². The molecule has 0 atom stereocenters. The molecule has 3 rings (SSSR count). The summed E-state index contributed by atoms with van der Waals surface area (Å²) in [5.41, 5.74) is 3.10. The van der Waals surface area contributed by atoms with Crippen LogP contribution in [-0.4, -0.2) is 33.2 Å². The number of nitrogens with zero attached hydrogens (tertiary/aromatic N) is 2. The third-order valence-electron chi connectivity index (χ3n) is 4.46. The van der Waals surface area contributed by atoms with Gasteiger partial charge >= 0.3 is 0 Å². The Morgan fingerprint density at radius 2 is 1.96 bits per heavy atom. The minimum Gasteiger partial charge on any atom is -0.493 e.